The van der Waals surface area contributed by atoms with Crippen molar-refractivity contribution in [1.82, 2.24) is 0 Å². The fraction of sp³-hybridized carbons (Fsp3) is 0.455. The lowest BCUT2D eigenvalue weighted by atomic mass is 10.1. The van der Waals surface area contributed by atoms with Crippen LogP contribution in [0.25, 0.3) is 0 Å². The average Bonchev–Trinajstić information content (AvgIpc) is 2.24. The van der Waals surface area contributed by atoms with Crippen molar-refractivity contribution in [1.29, 1.82) is 0 Å². The molecule has 0 saturated carbocycles. The van der Waals surface area contributed by atoms with Gasteiger partial charge in [0, 0.05) is 15.8 Å². The Balaban J connectivity index is 2.57. The van der Waals surface area contributed by atoms with E-state index in [1.165, 1.54) is 0 Å². The number of alkyl halides is 3. The van der Waals surface area contributed by atoms with Crippen LogP contribution < -0.4 is 4.74 Å². The predicted octanol–water partition coefficient (Wildman–Crippen LogP) is 4.13. The molecule has 1 N–H and O–H groups in total. The monoisotopic (exact) mass is 344 g/mol. The summed E-state index contributed by atoms with van der Waals surface area (Å²) >= 11 is 3.13. The lowest BCUT2D eigenvalue weighted by Gasteiger charge is -2.14. The molecule has 0 aliphatic heterocycles. The van der Waals surface area contributed by atoms with Gasteiger partial charge in [-0.15, -0.1) is 0 Å². The van der Waals surface area contributed by atoms with Crippen molar-refractivity contribution in [3.8, 4) is 5.75 Å². The summed E-state index contributed by atoms with van der Waals surface area (Å²) in [6, 6.07) is 5.00. The first-order valence-electron chi connectivity index (χ1n) is 5.10. The molecular weight excluding hydrogens is 333 g/mol. The van der Waals surface area contributed by atoms with Crippen LogP contribution in [0.15, 0.2) is 22.7 Å². The molecule has 1 rings (SSSR count). The topological polar surface area (TPSA) is 29.5 Å². The summed E-state index contributed by atoms with van der Waals surface area (Å²) in [5.41, 5.74) is -3.70. The highest BCUT2D eigenvalue weighted by molar-refractivity contribution is 9.10. The predicted molar refractivity (Wildman–Crippen MR) is 68.8 cm³/mol. The minimum Gasteiger partial charge on any atom is -0.492 e. The first-order chi connectivity index (χ1) is 8.29. The van der Waals surface area contributed by atoms with E-state index in [1.807, 2.05) is 0 Å². The highest BCUT2D eigenvalue weighted by Crippen LogP contribution is 2.31. The minimum absolute atomic E-state index is 0.0640. The first kappa shape index (κ1) is 15.7. The second kappa shape index (κ2) is 6.68. The zero-order valence-electron chi connectivity index (χ0n) is 9.50. The van der Waals surface area contributed by atoms with Crippen LogP contribution >= 0.6 is 27.7 Å². The fourth-order valence-electron chi connectivity index (χ4n) is 1.29. The molecule has 1 aromatic rings. The van der Waals surface area contributed by atoms with E-state index in [4.69, 9.17) is 4.74 Å². The molecular formula is C11H12BrF3O2S. The molecule has 0 spiro atoms. The number of hydrogen-bond acceptors (Lipinski definition) is 3. The SMILES string of the molecule is C[C@@H](O)c1cc(Br)ccc1OCCSC(F)(F)F. The second-order valence-electron chi connectivity index (χ2n) is 3.50. The van der Waals surface area contributed by atoms with Gasteiger partial charge in [-0.05, 0) is 36.9 Å². The van der Waals surface area contributed by atoms with Crippen molar-refractivity contribution in [2.45, 2.75) is 18.5 Å². The Morgan fingerprint density at radius 2 is 2.11 bits per heavy atom. The van der Waals surface area contributed by atoms with E-state index >= 15 is 0 Å². The Morgan fingerprint density at radius 3 is 2.67 bits per heavy atom. The van der Waals surface area contributed by atoms with Gasteiger partial charge in [0.05, 0.1) is 12.7 Å². The summed E-state index contributed by atoms with van der Waals surface area (Å²) in [5, 5.41) is 9.53. The Bertz CT molecular complexity index is 396. The number of aliphatic hydroxyl groups excluding tert-OH is 1. The van der Waals surface area contributed by atoms with Gasteiger partial charge in [-0.2, -0.15) is 13.2 Å². The number of rotatable bonds is 5. The summed E-state index contributed by atoms with van der Waals surface area (Å²) in [7, 11) is 0. The van der Waals surface area contributed by atoms with Gasteiger partial charge < -0.3 is 9.84 Å². The van der Waals surface area contributed by atoms with Crippen LogP contribution in [0.2, 0.25) is 0 Å². The van der Waals surface area contributed by atoms with Crippen LogP contribution in [0, 0.1) is 0 Å². The van der Waals surface area contributed by atoms with Crippen molar-refractivity contribution in [3.63, 3.8) is 0 Å². The third kappa shape index (κ3) is 5.49. The van der Waals surface area contributed by atoms with Gasteiger partial charge in [-0.25, -0.2) is 0 Å². The van der Waals surface area contributed by atoms with Gasteiger partial charge in [0.25, 0.3) is 0 Å². The molecule has 0 saturated heterocycles. The summed E-state index contributed by atoms with van der Waals surface area (Å²) < 4.78 is 41.7. The van der Waals surface area contributed by atoms with Crippen LogP contribution in [0.3, 0.4) is 0 Å². The molecule has 0 bridgehead atoms. The Hall–Kier alpha value is -0.400. The Morgan fingerprint density at radius 1 is 1.44 bits per heavy atom. The van der Waals surface area contributed by atoms with E-state index in [2.05, 4.69) is 15.9 Å². The molecule has 7 heteroatoms. The molecule has 0 aliphatic carbocycles. The third-order valence-corrected chi connectivity index (χ3v) is 3.22. The van der Waals surface area contributed by atoms with Crippen molar-refractivity contribution < 1.29 is 23.0 Å². The number of hydrogen-bond donors (Lipinski definition) is 1. The molecule has 1 atom stereocenters. The molecule has 0 heterocycles. The maximum absolute atomic E-state index is 11.9. The smallest absolute Gasteiger partial charge is 0.441 e. The number of aliphatic hydroxyl groups is 1. The van der Waals surface area contributed by atoms with Gasteiger partial charge in [0.15, 0.2) is 0 Å². The van der Waals surface area contributed by atoms with Gasteiger partial charge in [-0.3, -0.25) is 0 Å². The third-order valence-electron chi connectivity index (χ3n) is 2.03. The number of halogens is 4. The quantitative estimate of drug-likeness (QED) is 0.814. The standard InChI is InChI=1S/C11H12BrF3O2S/c1-7(16)9-6-8(12)2-3-10(9)17-4-5-18-11(13,14)15/h2-3,6-7,16H,4-5H2,1H3/t7-/m1/s1. The maximum atomic E-state index is 11.9. The van der Waals surface area contributed by atoms with Crippen LogP contribution in [-0.2, 0) is 0 Å². The zero-order chi connectivity index (χ0) is 13.8. The highest BCUT2D eigenvalue weighted by atomic mass is 79.9. The molecule has 18 heavy (non-hydrogen) atoms. The van der Waals surface area contributed by atoms with Gasteiger partial charge in [-0.1, -0.05) is 15.9 Å². The summed E-state index contributed by atoms with van der Waals surface area (Å²) in [5.74, 6) is 0.217. The lowest BCUT2D eigenvalue weighted by molar-refractivity contribution is -0.0329. The van der Waals surface area contributed by atoms with Crippen molar-refractivity contribution in [3.05, 3.63) is 28.2 Å². The van der Waals surface area contributed by atoms with Crippen molar-refractivity contribution >= 4 is 27.7 Å². The fourth-order valence-corrected chi connectivity index (χ4v) is 2.06. The first-order valence-corrected chi connectivity index (χ1v) is 6.88. The van der Waals surface area contributed by atoms with E-state index in [0.29, 0.717) is 11.3 Å². The minimum atomic E-state index is -4.24. The summed E-state index contributed by atoms with van der Waals surface area (Å²) in [6.07, 6.45) is -0.743. The molecule has 0 radical (unpaired) electrons. The van der Waals surface area contributed by atoms with Crippen LogP contribution in [0.5, 0.6) is 5.75 Å². The number of thioether (sulfide) groups is 1. The van der Waals surface area contributed by atoms with Crippen LogP contribution in [-0.4, -0.2) is 23.0 Å². The van der Waals surface area contributed by atoms with E-state index in [-0.39, 0.29) is 24.1 Å². The average molecular weight is 345 g/mol. The second-order valence-corrected chi connectivity index (χ2v) is 5.58. The van der Waals surface area contributed by atoms with Gasteiger partial charge >= 0.3 is 5.51 Å². The molecule has 0 unspecified atom stereocenters. The summed E-state index contributed by atoms with van der Waals surface area (Å²) in [6.45, 7) is 1.50. The molecule has 1 aromatic carbocycles. The molecule has 0 aliphatic rings. The van der Waals surface area contributed by atoms with Gasteiger partial charge in [0.2, 0.25) is 0 Å². The van der Waals surface area contributed by atoms with E-state index in [0.717, 1.165) is 4.47 Å². The number of ether oxygens (including phenoxy) is 1. The Kier molecular flexibility index (Phi) is 5.81. The Labute approximate surface area is 116 Å². The molecule has 0 fully saturated rings. The van der Waals surface area contributed by atoms with E-state index < -0.39 is 11.6 Å². The largest absolute Gasteiger partial charge is 0.492 e. The van der Waals surface area contributed by atoms with E-state index in [1.54, 1.807) is 25.1 Å². The molecule has 0 amide bonds. The maximum Gasteiger partial charge on any atom is 0.441 e. The van der Waals surface area contributed by atoms with Crippen molar-refractivity contribution in [2.24, 2.45) is 0 Å². The molecule has 0 aromatic heterocycles. The normalized spacial score (nSPS) is 13.4. The van der Waals surface area contributed by atoms with Crippen LogP contribution in [0.1, 0.15) is 18.6 Å². The zero-order valence-corrected chi connectivity index (χ0v) is 11.9. The van der Waals surface area contributed by atoms with Gasteiger partial charge in [0.1, 0.15) is 5.75 Å². The van der Waals surface area contributed by atoms with Crippen molar-refractivity contribution in [2.75, 3.05) is 12.4 Å². The molecule has 102 valence electrons. The molecule has 2 nitrogen and oxygen atoms in total. The van der Waals surface area contributed by atoms with Crippen LogP contribution in [0.4, 0.5) is 13.2 Å². The summed E-state index contributed by atoms with van der Waals surface area (Å²) in [4.78, 5) is 0. The highest BCUT2D eigenvalue weighted by Gasteiger charge is 2.27. The number of benzene rings is 1. The lowest BCUT2D eigenvalue weighted by Crippen LogP contribution is -2.08. The van der Waals surface area contributed by atoms with E-state index in [9.17, 15) is 18.3 Å².